The van der Waals surface area contributed by atoms with Crippen LogP contribution < -0.4 is 5.32 Å². The first-order valence-electron chi connectivity index (χ1n) is 8.30. The SMILES string of the molecule is Cc1ccc2nc(C3C=CC=C3)c(Nc3c(C)cccc3C)n2c1. The number of hydrogen-bond donors (Lipinski definition) is 1. The van der Waals surface area contributed by atoms with Crippen molar-refractivity contribution in [3.8, 4) is 0 Å². The number of pyridine rings is 1. The molecule has 0 atom stereocenters. The first kappa shape index (κ1) is 14.8. The number of nitrogens with one attached hydrogen (secondary N) is 1. The maximum Gasteiger partial charge on any atom is 0.139 e. The molecule has 24 heavy (non-hydrogen) atoms. The van der Waals surface area contributed by atoms with Crippen LogP contribution in [0.3, 0.4) is 0 Å². The van der Waals surface area contributed by atoms with Gasteiger partial charge in [-0.05, 0) is 43.5 Å². The monoisotopic (exact) mass is 315 g/mol. The maximum atomic E-state index is 4.89. The van der Waals surface area contributed by atoms with E-state index in [1.165, 1.54) is 16.7 Å². The number of hydrogen-bond acceptors (Lipinski definition) is 2. The van der Waals surface area contributed by atoms with Crippen molar-refractivity contribution in [1.29, 1.82) is 0 Å². The van der Waals surface area contributed by atoms with Gasteiger partial charge in [-0.1, -0.05) is 48.6 Å². The van der Waals surface area contributed by atoms with Crippen LogP contribution in [0.1, 0.15) is 28.3 Å². The third kappa shape index (κ3) is 2.42. The zero-order valence-corrected chi connectivity index (χ0v) is 14.2. The van der Waals surface area contributed by atoms with E-state index in [-0.39, 0.29) is 5.92 Å². The van der Waals surface area contributed by atoms with Gasteiger partial charge in [0, 0.05) is 17.8 Å². The van der Waals surface area contributed by atoms with Gasteiger partial charge in [0.05, 0.1) is 5.69 Å². The van der Waals surface area contributed by atoms with Crippen molar-refractivity contribution in [2.24, 2.45) is 0 Å². The number of aryl methyl sites for hydroxylation is 3. The number of anilines is 2. The highest BCUT2D eigenvalue weighted by molar-refractivity contribution is 5.70. The van der Waals surface area contributed by atoms with E-state index in [2.05, 4.69) is 91.3 Å². The number of imidazole rings is 1. The highest BCUT2D eigenvalue weighted by atomic mass is 15.1. The van der Waals surface area contributed by atoms with Crippen LogP contribution >= 0.6 is 0 Å². The molecule has 0 fully saturated rings. The van der Waals surface area contributed by atoms with Gasteiger partial charge in [-0.15, -0.1) is 0 Å². The predicted molar refractivity (Wildman–Crippen MR) is 100 cm³/mol. The van der Waals surface area contributed by atoms with E-state index in [1.807, 2.05) is 0 Å². The van der Waals surface area contributed by atoms with Crippen LogP contribution in [0.5, 0.6) is 0 Å². The fourth-order valence-corrected chi connectivity index (χ4v) is 3.27. The number of nitrogens with zero attached hydrogens (tertiary/aromatic N) is 2. The molecule has 1 aromatic carbocycles. The summed E-state index contributed by atoms with van der Waals surface area (Å²) >= 11 is 0. The summed E-state index contributed by atoms with van der Waals surface area (Å²) in [7, 11) is 0. The molecule has 0 saturated heterocycles. The first-order chi connectivity index (χ1) is 11.6. The second kappa shape index (κ2) is 5.68. The second-order valence-electron chi connectivity index (χ2n) is 6.47. The average Bonchev–Trinajstić information content (AvgIpc) is 3.18. The molecule has 0 bridgehead atoms. The number of aromatic nitrogens is 2. The predicted octanol–water partition coefficient (Wildman–Crippen LogP) is 5.21. The maximum absolute atomic E-state index is 4.89. The zero-order chi connectivity index (χ0) is 16.7. The van der Waals surface area contributed by atoms with Crippen LogP contribution in [0, 0.1) is 20.8 Å². The minimum Gasteiger partial charge on any atom is -0.339 e. The van der Waals surface area contributed by atoms with E-state index in [4.69, 9.17) is 4.98 Å². The Morgan fingerprint density at radius 3 is 2.38 bits per heavy atom. The Bertz CT molecular complexity index is 944. The van der Waals surface area contributed by atoms with Gasteiger partial charge in [-0.25, -0.2) is 4.98 Å². The van der Waals surface area contributed by atoms with Crippen LogP contribution in [0.2, 0.25) is 0 Å². The summed E-state index contributed by atoms with van der Waals surface area (Å²) in [6, 6.07) is 10.6. The summed E-state index contributed by atoms with van der Waals surface area (Å²) in [6.45, 7) is 6.38. The summed E-state index contributed by atoms with van der Waals surface area (Å²) in [6.07, 6.45) is 10.7. The highest BCUT2D eigenvalue weighted by Crippen LogP contribution is 2.33. The van der Waals surface area contributed by atoms with Crippen LogP contribution in [-0.2, 0) is 0 Å². The van der Waals surface area contributed by atoms with Gasteiger partial charge in [0.25, 0.3) is 0 Å². The molecule has 0 spiro atoms. The molecule has 1 aliphatic rings. The van der Waals surface area contributed by atoms with Gasteiger partial charge in [-0.3, -0.25) is 4.40 Å². The van der Waals surface area contributed by atoms with Crippen molar-refractivity contribution < 1.29 is 0 Å². The molecule has 0 amide bonds. The van der Waals surface area contributed by atoms with E-state index < -0.39 is 0 Å². The van der Waals surface area contributed by atoms with Gasteiger partial charge >= 0.3 is 0 Å². The molecular weight excluding hydrogens is 294 g/mol. The minimum atomic E-state index is 0.219. The highest BCUT2D eigenvalue weighted by Gasteiger charge is 2.20. The molecule has 0 aliphatic heterocycles. The molecule has 1 aliphatic carbocycles. The van der Waals surface area contributed by atoms with Crippen LogP contribution in [0.4, 0.5) is 11.5 Å². The molecule has 3 aromatic rings. The molecule has 0 saturated carbocycles. The number of para-hydroxylation sites is 1. The van der Waals surface area contributed by atoms with Crippen LogP contribution in [-0.4, -0.2) is 9.38 Å². The van der Waals surface area contributed by atoms with E-state index in [1.54, 1.807) is 0 Å². The van der Waals surface area contributed by atoms with Gasteiger partial charge < -0.3 is 5.32 Å². The molecule has 1 N–H and O–H groups in total. The third-order valence-corrected chi connectivity index (χ3v) is 4.58. The third-order valence-electron chi connectivity index (χ3n) is 4.58. The lowest BCUT2D eigenvalue weighted by Gasteiger charge is -2.15. The fraction of sp³-hybridized carbons (Fsp3) is 0.190. The standard InChI is InChI=1S/C21H21N3/c1-14-11-12-18-22-20(17-9-4-5-10-17)21(24(18)13-14)23-19-15(2)7-6-8-16(19)3/h4-13,17,23H,1-3H3. The molecule has 2 aromatic heterocycles. The molecule has 0 unspecified atom stereocenters. The Morgan fingerprint density at radius 2 is 1.67 bits per heavy atom. The van der Waals surface area contributed by atoms with Gasteiger partial charge in [0.1, 0.15) is 11.5 Å². The lowest BCUT2D eigenvalue weighted by Crippen LogP contribution is -2.03. The second-order valence-corrected chi connectivity index (χ2v) is 6.47. The molecule has 4 rings (SSSR count). The Balaban J connectivity index is 1.91. The first-order valence-corrected chi connectivity index (χ1v) is 8.30. The number of rotatable bonds is 3. The van der Waals surface area contributed by atoms with E-state index >= 15 is 0 Å². The van der Waals surface area contributed by atoms with Crippen LogP contribution in [0.15, 0.2) is 60.8 Å². The zero-order valence-electron chi connectivity index (χ0n) is 14.2. The quantitative estimate of drug-likeness (QED) is 0.718. The Hall–Kier alpha value is -2.81. The van der Waals surface area contributed by atoms with Crippen molar-refractivity contribution in [3.05, 3.63) is 83.2 Å². The molecule has 3 nitrogen and oxygen atoms in total. The normalized spacial score (nSPS) is 14.0. The lowest BCUT2D eigenvalue weighted by atomic mass is 10.1. The lowest BCUT2D eigenvalue weighted by molar-refractivity contribution is 1.04. The number of benzene rings is 1. The summed E-state index contributed by atoms with van der Waals surface area (Å²) in [5.41, 5.74) is 6.88. The Kier molecular flexibility index (Phi) is 3.49. The summed E-state index contributed by atoms with van der Waals surface area (Å²) < 4.78 is 2.16. The van der Waals surface area contributed by atoms with Gasteiger partial charge in [-0.2, -0.15) is 0 Å². The Morgan fingerprint density at radius 1 is 0.958 bits per heavy atom. The van der Waals surface area contributed by atoms with Crippen LogP contribution in [0.25, 0.3) is 5.65 Å². The number of fused-ring (bicyclic) bond motifs is 1. The van der Waals surface area contributed by atoms with Crippen molar-refractivity contribution in [3.63, 3.8) is 0 Å². The fourth-order valence-electron chi connectivity index (χ4n) is 3.27. The minimum absolute atomic E-state index is 0.219. The molecule has 120 valence electrons. The molecule has 2 heterocycles. The summed E-state index contributed by atoms with van der Waals surface area (Å²) in [4.78, 5) is 4.89. The van der Waals surface area contributed by atoms with Crippen molar-refractivity contribution >= 4 is 17.2 Å². The smallest absolute Gasteiger partial charge is 0.139 e. The van der Waals surface area contributed by atoms with E-state index in [0.717, 1.165) is 22.8 Å². The van der Waals surface area contributed by atoms with Gasteiger partial charge in [0.15, 0.2) is 0 Å². The molecule has 3 heteroatoms. The topological polar surface area (TPSA) is 29.3 Å². The average molecular weight is 315 g/mol. The van der Waals surface area contributed by atoms with Crippen molar-refractivity contribution in [2.75, 3.05) is 5.32 Å². The van der Waals surface area contributed by atoms with E-state index in [0.29, 0.717) is 0 Å². The molecular formula is C21H21N3. The Labute approximate surface area is 142 Å². The molecule has 0 radical (unpaired) electrons. The van der Waals surface area contributed by atoms with E-state index in [9.17, 15) is 0 Å². The van der Waals surface area contributed by atoms with Crippen molar-refractivity contribution in [2.45, 2.75) is 26.7 Å². The number of allylic oxidation sites excluding steroid dienone is 4. The summed E-state index contributed by atoms with van der Waals surface area (Å²) in [5.74, 6) is 1.27. The van der Waals surface area contributed by atoms with Gasteiger partial charge in [0.2, 0.25) is 0 Å². The summed E-state index contributed by atoms with van der Waals surface area (Å²) in [5, 5.41) is 3.67. The largest absolute Gasteiger partial charge is 0.339 e. The van der Waals surface area contributed by atoms with Crippen molar-refractivity contribution in [1.82, 2.24) is 9.38 Å².